The molecule has 1 radical (unpaired) electrons. The number of hydrogen-bond donors (Lipinski definition) is 1. The number of rotatable bonds is 5. The van der Waals surface area contributed by atoms with E-state index in [-0.39, 0.29) is 53.1 Å². The first-order valence-electron chi connectivity index (χ1n) is 8.76. The van der Waals surface area contributed by atoms with Gasteiger partial charge in [-0.3, -0.25) is 9.88 Å². The number of carbonyl (C=O) groups is 1. The molecule has 0 bridgehead atoms. The van der Waals surface area contributed by atoms with Crippen LogP contribution in [0, 0.1) is 41.3 Å². The topological polar surface area (TPSA) is 80.5 Å². The van der Waals surface area contributed by atoms with Crippen LogP contribution in [0.4, 0.5) is 0 Å². The number of aliphatic hydroxyl groups is 1. The molecule has 1 fully saturated rings. The van der Waals surface area contributed by atoms with Gasteiger partial charge in [-0.05, 0) is 38.2 Å². The normalized spacial score (nSPS) is 17.6. The van der Waals surface area contributed by atoms with Gasteiger partial charge in [0.2, 0.25) is 0 Å². The fraction of sp³-hybridized carbons (Fsp3) is 0.400. The molecule has 1 aromatic heterocycles. The maximum absolute atomic E-state index is 10.2. The van der Waals surface area contributed by atoms with Gasteiger partial charge >= 0.3 is 0 Å². The second-order valence-corrected chi connectivity index (χ2v) is 6.64. The van der Waals surface area contributed by atoms with Crippen molar-refractivity contribution in [2.45, 2.75) is 18.6 Å². The van der Waals surface area contributed by atoms with Gasteiger partial charge in [-0.2, -0.15) is 0 Å². The molecule has 1 aromatic carbocycles. The van der Waals surface area contributed by atoms with Gasteiger partial charge < -0.3 is 20.5 Å². The van der Waals surface area contributed by atoms with E-state index in [0.29, 0.717) is 6.04 Å². The van der Waals surface area contributed by atoms with E-state index in [9.17, 15) is 9.90 Å². The minimum absolute atomic E-state index is 0. The summed E-state index contributed by atoms with van der Waals surface area (Å²) in [5.74, 6) is -0.740. The van der Waals surface area contributed by atoms with E-state index in [1.54, 1.807) is 12.1 Å². The van der Waals surface area contributed by atoms with Crippen LogP contribution < -0.4 is 0 Å². The number of β-amino-alcohol motifs (C(OH)–C–C–N with tert-alkyl or cyclic N) is 1. The van der Waals surface area contributed by atoms with Gasteiger partial charge in [0.05, 0.1) is 17.7 Å². The molecule has 0 saturated carbocycles. The molecule has 2 aromatic rings. The van der Waals surface area contributed by atoms with Crippen molar-refractivity contribution in [1.82, 2.24) is 14.8 Å². The Labute approximate surface area is 194 Å². The molecule has 0 spiro atoms. The van der Waals surface area contributed by atoms with E-state index in [1.165, 1.54) is 17.8 Å². The van der Waals surface area contributed by atoms with Crippen molar-refractivity contribution in [3.05, 3.63) is 71.7 Å². The van der Waals surface area contributed by atoms with E-state index in [1.807, 2.05) is 0 Å². The number of hydrogen-bond acceptors (Lipinski definition) is 5. The molecule has 6 nitrogen and oxygen atoms in total. The van der Waals surface area contributed by atoms with E-state index < -0.39 is 5.91 Å². The fourth-order valence-electron chi connectivity index (χ4n) is 2.96. The zero-order valence-electron chi connectivity index (χ0n) is 16.0. The molecule has 0 unspecified atom stereocenters. The summed E-state index contributed by atoms with van der Waals surface area (Å²) in [4.78, 5) is 18.5. The molecule has 2 N–H and O–H groups in total. The Morgan fingerprint density at radius 1 is 1.26 bits per heavy atom. The quantitative estimate of drug-likeness (QED) is 0.689. The van der Waals surface area contributed by atoms with Crippen molar-refractivity contribution in [3.8, 4) is 0 Å². The van der Waals surface area contributed by atoms with Gasteiger partial charge in [-0.25, -0.2) is 0 Å². The molecular formula is C20H27N4O2Pr-. The van der Waals surface area contributed by atoms with Crippen molar-refractivity contribution >= 4 is 5.91 Å². The Bertz CT molecular complexity index is 670. The van der Waals surface area contributed by atoms with Crippen molar-refractivity contribution in [1.29, 1.82) is 0 Å². The number of pyridine rings is 1. The van der Waals surface area contributed by atoms with Crippen molar-refractivity contribution in [2.24, 2.45) is 0 Å². The van der Waals surface area contributed by atoms with E-state index in [4.69, 9.17) is 5.73 Å². The summed E-state index contributed by atoms with van der Waals surface area (Å²) >= 11 is 0. The summed E-state index contributed by atoms with van der Waals surface area (Å²) in [7, 11) is 4.23. The van der Waals surface area contributed by atoms with Crippen LogP contribution in [0.15, 0.2) is 54.7 Å². The Morgan fingerprint density at radius 2 is 1.93 bits per heavy atom. The van der Waals surface area contributed by atoms with Crippen LogP contribution in [0.1, 0.15) is 28.5 Å². The Balaban J connectivity index is 0.000000310. The number of aliphatic hydroxyl groups excluding tert-OH is 1. The standard InChI is InChI=1S/C14H22N2O.C6H6N2O.Pr/c1-15(2)14(12-6-4-3-5-7-12)11-16-9-8-13(17)10-16;7-6(9)5-3-1-2-4-8-5;/h3-7,13-14,17H,8-11H2,1-2H3;1-4H,(H2,7,9);/p-1/t13-,14+;;/m0../s1. The number of nitrogens with zero attached hydrogens (tertiary/aromatic N) is 3. The molecule has 1 aliphatic rings. The molecular weight excluding hydrogens is 469 g/mol. The van der Waals surface area contributed by atoms with E-state index >= 15 is 0 Å². The van der Waals surface area contributed by atoms with Crippen LogP contribution >= 0.6 is 0 Å². The second-order valence-electron chi connectivity index (χ2n) is 6.64. The summed E-state index contributed by atoms with van der Waals surface area (Å²) in [6, 6.07) is 15.9. The van der Waals surface area contributed by atoms with Crippen LogP contribution in [0.25, 0.3) is 5.73 Å². The molecule has 7 heteroatoms. The third-order valence-corrected chi connectivity index (χ3v) is 4.38. The molecule has 1 saturated heterocycles. The molecule has 1 aliphatic heterocycles. The van der Waals surface area contributed by atoms with E-state index in [2.05, 4.69) is 59.2 Å². The van der Waals surface area contributed by atoms with Gasteiger partial charge in [-0.15, -0.1) is 0 Å². The summed E-state index contributed by atoms with van der Waals surface area (Å²) in [5.41, 5.74) is 8.16. The molecule has 1 amide bonds. The number of likely N-dealkylation sites (N-methyl/N-ethyl adjacent to an activating group) is 1. The van der Waals surface area contributed by atoms with Gasteiger partial charge in [0.15, 0.2) is 0 Å². The summed E-state index contributed by atoms with van der Waals surface area (Å²) in [6.45, 7) is 2.82. The van der Waals surface area contributed by atoms with Gasteiger partial charge in [0.1, 0.15) is 0 Å². The first-order valence-corrected chi connectivity index (χ1v) is 8.76. The van der Waals surface area contributed by atoms with Gasteiger partial charge in [0, 0.05) is 73.2 Å². The smallest absolute Gasteiger partial charge is 0.0983 e. The number of likely N-dealkylation sites (tertiary alicyclic amines) is 1. The summed E-state index contributed by atoms with van der Waals surface area (Å²) in [6.07, 6.45) is 2.27. The van der Waals surface area contributed by atoms with Crippen molar-refractivity contribution < 1.29 is 51.2 Å². The predicted octanol–water partition coefficient (Wildman–Crippen LogP) is 2.63. The van der Waals surface area contributed by atoms with E-state index in [0.717, 1.165) is 26.1 Å². The first-order chi connectivity index (χ1) is 12.5. The summed E-state index contributed by atoms with van der Waals surface area (Å²) < 4.78 is 0. The minimum atomic E-state index is -0.740. The summed E-state index contributed by atoms with van der Waals surface area (Å²) in [5, 5.41) is 9.57. The molecule has 3 rings (SSSR count). The van der Waals surface area contributed by atoms with Crippen LogP contribution in [0.2, 0.25) is 0 Å². The molecule has 2 atom stereocenters. The zero-order chi connectivity index (χ0) is 18.9. The van der Waals surface area contributed by atoms with Crippen LogP contribution in [-0.2, 0) is 0 Å². The zero-order valence-corrected chi connectivity index (χ0v) is 19.7. The Kier molecular flexibility index (Phi) is 11.2. The van der Waals surface area contributed by atoms with Crippen LogP contribution in [-0.4, -0.2) is 65.6 Å². The number of amides is 1. The predicted molar refractivity (Wildman–Crippen MR) is 103 cm³/mol. The van der Waals surface area contributed by atoms with Gasteiger partial charge in [-0.1, -0.05) is 36.4 Å². The monoisotopic (exact) mass is 496 g/mol. The van der Waals surface area contributed by atoms with Gasteiger partial charge in [0.25, 0.3) is 0 Å². The average Bonchev–Trinajstić information content (AvgIpc) is 3.06. The van der Waals surface area contributed by atoms with Crippen LogP contribution in [0.3, 0.4) is 0 Å². The number of benzene rings is 1. The molecule has 0 aliphatic carbocycles. The maximum Gasteiger partial charge on any atom is 0.0983 e. The average molecular weight is 496 g/mol. The van der Waals surface area contributed by atoms with Crippen molar-refractivity contribution in [2.75, 3.05) is 33.7 Å². The third-order valence-electron chi connectivity index (χ3n) is 4.38. The Morgan fingerprint density at radius 3 is 2.37 bits per heavy atom. The molecule has 143 valence electrons. The third kappa shape index (κ3) is 8.32. The first kappa shape index (κ1) is 24.1. The number of carbonyl (C=O) groups excluding carboxylic acids is 1. The maximum atomic E-state index is 10.2. The number of nitrogens with one attached hydrogen (secondary N) is 1. The minimum Gasteiger partial charge on any atom is -0.662 e. The second kappa shape index (κ2) is 12.5. The fourth-order valence-corrected chi connectivity index (χ4v) is 2.96. The number of aromatic nitrogens is 1. The largest absolute Gasteiger partial charge is 0.662 e. The van der Waals surface area contributed by atoms with Crippen LogP contribution in [0.5, 0.6) is 0 Å². The van der Waals surface area contributed by atoms with Crippen molar-refractivity contribution in [3.63, 3.8) is 0 Å². The molecule has 2 heterocycles. The SMILES string of the molecule is CN(C)[C@H](CN1CC[C@H](O)C1)c1ccccc1.[NH-]C(=O)c1ccccn1.[Pr]. The Hall–Kier alpha value is -0.916. The molecule has 27 heavy (non-hydrogen) atoms.